The fraction of sp³-hybridized carbons (Fsp3) is 0.0417. The minimum absolute atomic E-state index is 0.292. The molecule has 10 aromatic rings. The van der Waals surface area contributed by atoms with Crippen LogP contribution in [0.2, 0.25) is 0 Å². The number of benzene rings is 7. The van der Waals surface area contributed by atoms with Crippen molar-refractivity contribution in [3.05, 3.63) is 187 Å². The Balaban J connectivity index is 1.12. The Bertz CT molecular complexity index is 3070. The Kier molecular flexibility index (Phi) is 6.97. The predicted molar refractivity (Wildman–Crippen MR) is 218 cm³/mol. The lowest BCUT2D eigenvalue weighted by molar-refractivity contribution is 0.411. The molecule has 6 nitrogen and oxygen atoms in total. The molecule has 2 atom stereocenters. The normalized spacial score (nSPS) is 16.0. The molecule has 0 fully saturated rings. The largest absolute Gasteiger partial charge is 0.456 e. The van der Waals surface area contributed by atoms with Gasteiger partial charge in [0.15, 0.2) is 0 Å². The minimum Gasteiger partial charge on any atom is -0.456 e. The van der Waals surface area contributed by atoms with E-state index in [1.54, 1.807) is 0 Å². The molecule has 0 saturated carbocycles. The van der Waals surface area contributed by atoms with E-state index in [0.717, 1.165) is 99.6 Å². The van der Waals surface area contributed by atoms with Crippen LogP contribution in [0.4, 0.5) is 0 Å². The van der Waals surface area contributed by atoms with E-state index >= 15 is 0 Å². The van der Waals surface area contributed by atoms with Crippen molar-refractivity contribution >= 4 is 60.6 Å². The van der Waals surface area contributed by atoms with E-state index in [1.807, 2.05) is 42.6 Å². The topological polar surface area (TPSA) is 75.6 Å². The Morgan fingerprint density at radius 1 is 0.500 bits per heavy atom. The molecule has 1 aliphatic heterocycles. The number of nitrogens with one attached hydrogen (secondary N) is 2. The highest BCUT2D eigenvalue weighted by Gasteiger charge is 2.30. The van der Waals surface area contributed by atoms with E-state index in [0.29, 0.717) is 0 Å². The number of aromatic nitrogens is 1. The third-order valence-electron chi connectivity index (χ3n) is 10.6. The van der Waals surface area contributed by atoms with Crippen LogP contribution < -0.4 is 10.6 Å². The smallest absolute Gasteiger partial charge is 0.143 e. The first-order chi connectivity index (χ1) is 26.8. The molecular formula is C48H32N4O2. The Morgan fingerprint density at radius 3 is 2.13 bits per heavy atom. The van der Waals surface area contributed by atoms with Gasteiger partial charge in [-0.15, -0.1) is 0 Å². The molecule has 2 N–H and O–H groups in total. The van der Waals surface area contributed by atoms with E-state index in [-0.39, 0.29) is 12.3 Å². The van der Waals surface area contributed by atoms with Gasteiger partial charge < -0.3 is 14.2 Å². The maximum Gasteiger partial charge on any atom is 0.143 e. The third kappa shape index (κ3) is 4.92. The molecule has 0 bridgehead atoms. The van der Waals surface area contributed by atoms with Gasteiger partial charge in [-0.05, 0) is 52.6 Å². The summed E-state index contributed by atoms with van der Waals surface area (Å²) in [4.78, 5) is 9.97. The molecule has 0 radical (unpaired) electrons. The lowest BCUT2D eigenvalue weighted by Gasteiger charge is -2.33. The predicted octanol–water partition coefficient (Wildman–Crippen LogP) is 11.7. The first-order valence-corrected chi connectivity index (χ1v) is 18.2. The summed E-state index contributed by atoms with van der Waals surface area (Å²) in [7, 11) is 0. The second-order valence-corrected chi connectivity index (χ2v) is 13.8. The average Bonchev–Trinajstić information content (AvgIpc) is 3.81. The van der Waals surface area contributed by atoms with E-state index in [2.05, 4.69) is 143 Å². The fourth-order valence-corrected chi connectivity index (χ4v) is 8.16. The molecule has 0 saturated heterocycles. The molecule has 4 heterocycles. The van der Waals surface area contributed by atoms with Crippen LogP contribution in [0.5, 0.6) is 0 Å². The maximum atomic E-state index is 6.81. The van der Waals surface area contributed by atoms with Gasteiger partial charge in [0.2, 0.25) is 0 Å². The fourth-order valence-electron chi connectivity index (χ4n) is 8.16. The summed E-state index contributed by atoms with van der Waals surface area (Å²) in [5.41, 5.74) is 11.8. The van der Waals surface area contributed by atoms with Gasteiger partial charge in [0.25, 0.3) is 0 Å². The highest BCUT2D eigenvalue weighted by atomic mass is 16.3. The molecule has 2 unspecified atom stereocenters. The molecule has 256 valence electrons. The summed E-state index contributed by atoms with van der Waals surface area (Å²) in [5.74, 6) is 0.821. The van der Waals surface area contributed by atoms with Crippen LogP contribution in [0.1, 0.15) is 29.0 Å². The van der Waals surface area contributed by atoms with Crippen LogP contribution in [0.15, 0.2) is 184 Å². The standard InChI is InChI=1S/C48H32N4O2/c1-3-13-29(14-4-1)32-24-25-34(44-38-27-31-17-12-26-49-39(31)28-42(38)54-45(32)44)33-18-7-8-19-35(33)47-50-46(30-15-5-2-6-16-30)51-48(52-47)37-21-11-23-41-43(37)36-20-9-10-22-40(36)53-41/h1-28,47-48,52H,(H,50,51). The SMILES string of the molecule is c1ccc(C2=NC(c3cccc4oc5ccccc5c34)NC(c3ccccc3-c3ccc(-c4ccccc4)c4oc5cc6ncccc6cc5c34)N2)cc1. The van der Waals surface area contributed by atoms with Gasteiger partial charge in [-0.1, -0.05) is 127 Å². The van der Waals surface area contributed by atoms with Crippen LogP contribution >= 0.6 is 0 Å². The van der Waals surface area contributed by atoms with E-state index in [1.165, 1.54) is 0 Å². The number of pyridine rings is 1. The van der Waals surface area contributed by atoms with Crippen LogP contribution in [-0.4, -0.2) is 10.8 Å². The summed E-state index contributed by atoms with van der Waals surface area (Å²) in [6, 6.07) is 56.7. The van der Waals surface area contributed by atoms with Gasteiger partial charge >= 0.3 is 0 Å². The molecule has 11 rings (SSSR count). The molecule has 54 heavy (non-hydrogen) atoms. The molecule has 7 aromatic carbocycles. The zero-order valence-electron chi connectivity index (χ0n) is 29.0. The highest BCUT2D eigenvalue weighted by molar-refractivity contribution is 6.18. The summed E-state index contributed by atoms with van der Waals surface area (Å²) in [6.07, 6.45) is 1.17. The zero-order chi connectivity index (χ0) is 35.6. The second-order valence-electron chi connectivity index (χ2n) is 13.8. The quantitative estimate of drug-likeness (QED) is 0.187. The molecule has 0 spiro atoms. The van der Waals surface area contributed by atoms with E-state index in [4.69, 9.17) is 13.8 Å². The number of hydrogen-bond donors (Lipinski definition) is 2. The van der Waals surface area contributed by atoms with Crippen molar-refractivity contribution in [2.75, 3.05) is 0 Å². The molecular weight excluding hydrogens is 665 g/mol. The minimum atomic E-state index is -0.363. The van der Waals surface area contributed by atoms with Crippen molar-refractivity contribution < 1.29 is 8.83 Å². The first-order valence-electron chi connectivity index (χ1n) is 18.2. The number of hydrogen-bond acceptors (Lipinski definition) is 6. The van der Waals surface area contributed by atoms with Crippen molar-refractivity contribution in [3.63, 3.8) is 0 Å². The number of amidine groups is 1. The summed E-state index contributed by atoms with van der Waals surface area (Å²) in [6.45, 7) is 0. The van der Waals surface area contributed by atoms with Gasteiger partial charge in [-0.25, -0.2) is 4.99 Å². The van der Waals surface area contributed by atoms with Crippen LogP contribution in [-0.2, 0) is 0 Å². The van der Waals surface area contributed by atoms with Crippen molar-refractivity contribution in [1.82, 2.24) is 15.6 Å². The Hall–Kier alpha value is -7.02. The lowest BCUT2D eigenvalue weighted by Crippen LogP contribution is -2.45. The number of furan rings is 2. The molecule has 1 aliphatic rings. The van der Waals surface area contributed by atoms with Crippen molar-refractivity contribution in [2.45, 2.75) is 12.3 Å². The first kappa shape index (κ1) is 30.6. The number of para-hydroxylation sites is 1. The summed E-state index contributed by atoms with van der Waals surface area (Å²) < 4.78 is 13.1. The molecule has 6 heteroatoms. The molecule has 3 aromatic heterocycles. The van der Waals surface area contributed by atoms with Crippen molar-refractivity contribution in [1.29, 1.82) is 0 Å². The van der Waals surface area contributed by atoms with E-state index < -0.39 is 0 Å². The average molecular weight is 697 g/mol. The summed E-state index contributed by atoms with van der Waals surface area (Å²) in [5, 5.41) is 13.1. The number of rotatable bonds is 5. The summed E-state index contributed by atoms with van der Waals surface area (Å²) >= 11 is 0. The van der Waals surface area contributed by atoms with Gasteiger partial charge in [0.05, 0.1) is 5.52 Å². The van der Waals surface area contributed by atoms with Crippen molar-refractivity contribution in [3.8, 4) is 22.3 Å². The zero-order valence-corrected chi connectivity index (χ0v) is 29.0. The molecule has 0 aliphatic carbocycles. The van der Waals surface area contributed by atoms with Crippen LogP contribution in [0, 0.1) is 0 Å². The monoisotopic (exact) mass is 696 g/mol. The number of aliphatic imine (C=N–C) groups is 1. The van der Waals surface area contributed by atoms with Crippen LogP contribution in [0.3, 0.4) is 0 Å². The Labute approximate surface area is 310 Å². The third-order valence-corrected chi connectivity index (χ3v) is 10.6. The van der Waals surface area contributed by atoms with E-state index in [9.17, 15) is 0 Å². The number of fused-ring (bicyclic) bond motifs is 7. The second kappa shape index (κ2) is 12.3. The maximum absolute atomic E-state index is 6.81. The molecule has 0 amide bonds. The van der Waals surface area contributed by atoms with Crippen LogP contribution in [0.25, 0.3) is 77.0 Å². The Morgan fingerprint density at radius 2 is 1.24 bits per heavy atom. The number of nitrogens with zero attached hydrogens (tertiary/aromatic N) is 2. The van der Waals surface area contributed by atoms with Gasteiger partial charge in [0.1, 0.15) is 40.5 Å². The lowest BCUT2D eigenvalue weighted by atomic mass is 9.90. The van der Waals surface area contributed by atoms with Gasteiger partial charge in [-0.2, -0.15) is 0 Å². The van der Waals surface area contributed by atoms with Gasteiger partial charge in [-0.3, -0.25) is 10.3 Å². The van der Waals surface area contributed by atoms with Crippen molar-refractivity contribution in [2.24, 2.45) is 4.99 Å². The van der Waals surface area contributed by atoms with Gasteiger partial charge in [0, 0.05) is 55.9 Å². The highest BCUT2D eigenvalue weighted by Crippen LogP contribution is 2.45.